The summed E-state index contributed by atoms with van der Waals surface area (Å²) in [7, 11) is 0. The van der Waals surface area contributed by atoms with Gasteiger partial charge in [-0.05, 0) is 32.9 Å². The molecule has 1 N–H and O–H groups in total. The standard InChI is InChI=1S/C17H21N3O2/c1-17(2,3)22-16(21)19-15-12-9-20(10-13(12)15)14-7-5-4-6-11(14)8-18/h4-7,12-13,15H,9-10H2,1-3H3,(H,19,21). The van der Waals surface area contributed by atoms with Crippen LogP contribution in [-0.4, -0.2) is 30.8 Å². The molecule has 2 fully saturated rings. The largest absolute Gasteiger partial charge is 0.444 e. The summed E-state index contributed by atoms with van der Waals surface area (Å²) in [4.78, 5) is 14.0. The molecule has 1 aromatic carbocycles. The number of benzene rings is 1. The van der Waals surface area contributed by atoms with Crippen LogP contribution in [0.15, 0.2) is 24.3 Å². The number of ether oxygens (including phenoxy) is 1. The minimum Gasteiger partial charge on any atom is -0.444 e. The minimum absolute atomic E-state index is 0.209. The molecule has 5 heteroatoms. The Morgan fingerprint density at radius 1 is 1.32 bits per heavy atom. The predicted octanol–water partition coefficient (Wildman–Crippen LogP) is 2.52. The van der Waals surface area contributed by atoms with Gasteiger partial charge in [-0.3, -0.25) is 0 Å². The number of alkyl carbamates (subject to hydrolysis) is 1. The second-order valence-corrected chi connectivity index (χ2v) is 7.03. The Morgan fingerprint density at radius 3 is 2.55 bits per heavy atom. The molecule has 5 nitrogen and oxygen atoms in total. The van der Waals surface area contributed by atoms with Gasteiger partial charge < -0.3 is 15.0 Å². The van der Waals surface area contributed by atoms with Gasteiger partial charge in [0.05, 0.1) is 11.3 Å². The number of nitrogens with one attached hydrogen (secondary N) is 1. The highest BCUT2D eigenvalue weighted by atomic mass is 16.6. The van der Waals surface area contributed by atoms with E-state index in [1.54, 1.807) is 0 Å². The summed E-state index contributed by atoms with van der Waals surface area (Å²) >= 11 is 0. The Kier molecular flexibility index (Phi) is 3.48. The summed E-state index contributed by atoms with van der Waals surface area (Å²) in [5, 5.41) is 12.1. The van der Waals surface area contributed by atoms with E-state index in [4.69, 9.17) is 4.74 Å². The van der Waals surface area contributed by atoms with Crippen molar-refractivity contribution < 1.29 is 9.53 Å². The molecule has 0 bridgehead atoms. The smallest absolute Gasteiger partial charge is 0.407 e. The second kappa shape index (κ2) is 5.20. The fourth-order valence-corrected chi connectivity index (χ4v) is 3.22. The van der Waals surface area contributed by atoms with Gasteiger partial charge in [0.15, 0.2) is 0 Å². The lowest BCUT2D eigenvalue weighted by molar-refractivity contribution is 0.0518. The van der Waals surface area contributed by atoms with E-state index in [1.807, 2.05) is 45.0 Å². The van der Waals surface area contributed by atoms with Gasteiger partial charge in [-0.1, -0.05) is 12.1 Å². The number of para-hydroxylation sites is 1. The number of fused-ring (bicyclic) bond motifs is 1. The summed E-state index contributed by atoms with van der Waals surface area (Å²) in [5.74, 6) is 0.915. The van der Waals surface area contributed by atoms with Gasteiger partial charge >= 0.3 is 6.09 Å². The van der Waals surface area contributed by atoms with Crippen LogP contribution >= 0.6 is 0 Å². The van der Waals surface area contributed by atoms with E-state index in [9.17, 15) is 10.1 Å². The van der Waals surface area contributed by atoms with Crippen LogP contribution in [0.1, 0.15) is 26.3 Å². The van der Waals surface area contributed by atoms with E-state index >= 15 is 0 Å². The number of piperidine rings is 1. The molecule has 1 saturated heterocycles. The molecule has 116 valence electrons. The topological polar surface area (TPSA) is 65.4 Å². The number of hydrogen-bond donors (Lipinski definition) is 1. The molecule has 1 heterocycles. The zero-order valence-corrected chi connectivity index (χ0v) is 13.2. The number of rotatable bonds is 2. The van der Waals surface area contributed by atoms with Crippen molar-refractivity contribution in [3.8, 4) is 6.07 Å². The van der Waals surface area contributed by atoms with Crippen LogP contribution in [0.3, 0.4) is 0 Å². The molecule has 1 aromatic rings. The molecule has 1 saturated carbocycles. The highest BCUT2D eigenvalue weighted by Crippen LogP contribution is 2.47. The molecule has 22 heavy (non-hydrogen) atoms. The molecule has 0 aromatic heterocycles. The molecule has 3 rings (SSSR count). The van der Waals surface area contributed by atoms with Gasteiger partial charge in [0.2, 0.25) is 0 Å². The number of amides is 1. The van der Waals surface area contributed by atoms with Gasteiger partial charge in [0.1, 0.15) is 11.7 Å². The van der Waals surface area contributed by atoms with E-state index in [0.29, 0.717) is 17.4 Å². The summed E-state index contributed by atoms with van der Waals surface area (Å²) in [6.45, 7) is 7.34. The number of carbonyl (C=O) groups is 1. The summed E-state index contributed by atoms with van der Waals surface area (Å²) < 4.78 is 5.30. The van der Waals surface area contributed by atoms with Crippen LogP contribution in [0.5, 0.6) is 0 Å². The summed E-state index contributed by atoms with van der Waals surface area (Å²) in [5.41, 5.74) is 1.24. The maximum atomic E-state index is 11.8. The Bertz CT molecular complexity index is 618. The van der Waals surface area contributed by atoms with E-state index < -0.39 is 5.60 Å². The SMILES string of the molecule is CC(C)(C)OC(=O)NC1C2CN(c3ccccc3C#N)CC21. The van der Waals surface area contributed by atoms with Crippen LogP contribution < -0.4 is 10.2 Å². The maximum absolute atomic E-state index is 11.8. The normalized spacial score (nSPS) is 26.1. The summed E-state index contributed by atoms with van der Waals surface area (Å²) in [6.07, 6.45) is -0.337. The van der Waals surface area contributed by atoms with Gasteiger partial charge in [-0.15, -0.1) is 0 Å². The van der Waals surface area contributed by atoms with Crippen molar-refractivity contribution in [3.05, 3.63) is 29.8 Å². The highest BCUT2D eigenvalue weighted by Gasteiger charge is 2.57. The average molecular weight is 299 g/mol. The molecule has 1 amide bonds. The lowest BCUT2D eigenvalue weighted by Crippen LogP contribution is -2.38. The van der Waals surface area contributed by atoms with Gasteiger partial charge in [0, 0.05) is 31.0 Å². The Hall–Kier alpha value is -2.22. The maximum Gasteiger partial charge on any atom is 0.407 e. The minimum atomic E-state index is -0.466. The van der Waals surface area contributed by atoms with Crippen molar-refractivity contribution in [2.45, 2.75) is 32.4 Å². The molecule has 0 spiro atoms. The Balaban J connectivity index is 1.56. The van der Waals surface area contributed by atoms with Crippen LogP contribution in [0.4, 0.5) is 10.5 Å². The van der Waals surface area contributed by atoms with E-state index in [2.05, 4.69) is 16.3 Å². The Morgan fingerprint density at radius 2 is 1.95 bits per heavy atom. The van der Waals surface area contributed by atoms with Crippen molar-refractivity contribution in [1.29, 1.82) is 5.26 Å². The fourth-order valence-electron chi connectivity index (χ4n) is 3.22. The van der Waals surface area contributed by atoms with Crippen molar-refractivity contribution in [2.75, 3.05) is 18.0 Å². The first kappa shape index (κ1) is 14.7. The monoisotopic (exact) mass is 299 g/mol. The Labute approximate surface area is 130 Å². The van der Waals surface area contributed by atoms with Crippen molar-refractivity contribution >= 4 is 11.8 Å². The van der Waals surface area contributed by atoms with Crippen LogP contribution in [0.25, 0.3) is 0 Å². The lowest BCUT2D eigenvalue weighted by atomic mass is 10.1. The third-order valence-corrected chi connectivity index (χ3v) is 4.24. The second-order valence-electron chi connectivity index (χ2n) is 7.03. The number of carbonyl (C=O) groups excluding carboxylic acids is 1. The molecule has 2 atom stereocenters. The number of nitrogens with zero attached hydrogens (tertiary/aromatic N) is 2. The molecule has 2 aliphatic rings. The van der Waals surface area contributed by atoms with Gasteiger partial charge in [0.25, 0.3) is 0 Å². The molecule has 1 aliphatic heterocycles. The molecular formula is C17H21N3O2. The number of hydrogen-bond acceptors (Lipinski definition) is 4. The highest BCUT2D eigenvalue weighted by molar-refractivity contribution is 5.69. The third kappa shape index (κ3) is 2.87. The average Bonchev–Trinajstić information content (AvgIpc) is 2.89. The van der Waals surface area contributed by atoms with Gasteiger partial charge in [-0.25, -0.2) is 4.79 Å². The van der Waals surface area contributed by atoms with Crippen LogP contribution in [0.2, 0.25) is 0 Å². The van der Waals surface area contributed by atoms with E-state index in [0.717, 1.165) is 18.8 Å². The fraction of sp³-hybridized carbons (Fsp3) is 0.529. The zero-order valence-electron chi connectivity index (χ0n) is 13.2. The van der Waals surface area contributed by atoms with E-state index in [1.165, 1.54) is 0 Å². The molecule has 2 unspecified atom stereocenters. The number of anilines is 1. The van der Waals surface area contributed by atoms with Crippen molar-refractivity contribution in [2.24, 2.45) is 11.8 Å². The van der Waals surface area contributed by atoms with Crippen LogP contribution in [0, 0.1) is 23.2 Å². The molecule has 1 aliphatic carbocycles. The number of nitriles is 1. The third-order valence-electron chi connectivity index (χ3n) is 4.24. The molecular weight excluding hydrogens is 278 g/mol. The quantitative estimate of drug-likeness (QED) is 0.911. The first-order valence-corrected chi connectivity index (χ1v) is 7.62. The zero-order chi connectivity index (χ0) is 15.9. The van der Waals surface area contributed by atoms with Gasteiger partial charge in [-0.2, -0.15) is 5.26 Å². The lowest BCUT2D eigenvalue weighted by Gasteiger charge is -2.24. The van der Waals surface area contributed by atoms with Crippen LogP contribution in [-0.2, 0) is 4.74 Å². The first-order valence-electron chi connectivity index (χ1n) is 7.62. The molecule has 0 radical (unpaired) electrons. The predicted molar refractivity (Wildman–Crippen MR) is 83.5 cm³/mol. The first-order chi connectivity index (χ1) is 10.4. The van der Waals surface area contributed by atoms with Crippen molar-refractivity contribution in [1.82, 2.24) is 5.32 Å². The summed E-state index contributed by atoms with van der Waals surface area (Å²) in [6, 6.07) is 10.1. The van der Waals surface area contributed by atoms with Crippen molar-refractivity contribution in [3.63, 3.8) is 0 Å². The van der Waals surface area contributed by atoms with E-state index in [-0.39, 0.29) is 12.1 Å².